The van der Waals surface area contributed by atoms with Crippen molar-refractivity contribution in [3.05, 3.63) is 173 Å². The second-order valence-electron chi connectivity index (χ2n) is 13.8. The van der Waals surface area contributed by atoms with Crippen LogP contribution in [0.15, 0.2) is 166 Å². The molecule has 0 unspecified atom stereocenters. The molecule has 0 saturated carbocycles. The summed E-state index contributed by atoms with van der Waals surface area (Å²) in [4.78, 5) is 27.2. The van der Waals surface area contributed by atoms with Gasteiger partial charge in [-0.05, 0) is 95.1 Å². The van der Waals surface area contributed by atoms with Crippen LogP contribution in [0.3, 0.4) is 0 Å². The predicted molar refractivity (Wildman–Crippen MR) is 229 cm³/mol. The SMILES string of the molecule is Cc1cccc(NC(=O)c2cc3ccccc3c(N=Nc3ccc4c(c3)C(=O)c3cc(N=Nc5c(O)c(Nc6ccccc6Cl)cc6ccccc56)ccc3-4)c2O)c1. The number of carbonyl (C=O) groups is 2. The molecule has 280 valence electrons. The molecule has 8 aromatic rings. The quantitative estimate of drug-likeness (QED) is 0.0895. The van der Waals surface area contributed by atoms with E-state index in [0.29, 0.717) is 60.7 Å². The number of ketones is 1. The summed E-state index contributed by atoms with van der Waals surface area (Å²) in [5.41, 5.74) is 6.18. The van der Waals surface area contributed by atoms with Crippen molar-refractivity contribution in [1.82, 2.24) is 0 Å². The third-order valence-corrected chi connectivity index (χ3v) is 10.3. The van der Waals surface area contributed by atoms with Gasteiger partial charge in [-0.3, -0.25) is 9.59 Å². The molecule has 0 heterocycles. The van der Waals surface area contributed by atoms with Gasteiger partial charge in [0, 0.05) is 27.6 Å². The zero-order valence-corrected chi connectivity index (χ0v) is 31.5. The number of benzene rings is 8. The summed E-state index contributed by atoms with van der Waals surface area (Å²) in [6.07, 6.45) is 0. The number of hydrogen-bond acceptors (Lipinski definition) is 9. The number of nitrogens with zero attached hydrogens (tertiary/aromatic N) is 4. The molecule has 0 fully saturated rings. The lowest BCUT2D eigenvalue weighted by Gasteiger charge is -2.13. The number of aromatic hydroxyl groups is 2. The second-order valence-corrected chi connectivity index (χ2v) is 14.2. The molecule has 1 aliphatic carbocycles. The van der Waals surface area contributed by atoms with Gasteiger partial charge < -0.3 is 20.8 Å². The maximum absolute atomic E-state index is 13.8. The molecular formula is C47H31ClN6O4. The minimum atomic E-state index is -0.491. The average molecular weight is 779 g/mol. The molecule has 0 saturated heterocycles. The minimum Gasteiger partial charge on any atom is -0.505 e. The normalized spacial score (nSPS) is 12.1. The molecule has 10 nitrogen and oxygen atoms in total. The largest absolute Gasteiger partial charge is 0.505 e. The first-order valence-corrected chi connectivity index (χ1v) is 18.7. The van der Waals surface area contributed by atoms with Crippen LogP contribution in [0.5, 0.6) is 11.5 Å². The molecule has 0 aliphatic heterocycles. The first kappa shape index (κ1) is 36.0. The molecule has 0 aromatic heterocycles. The van der Waals surface area contributed by atoms with Gasteiger partial charge in [0.2, 0.25) is 0 Å². The summed E-state index contributed by atoms with van der Waals surface area (Å²) in [5.74, 6) is -1.13. The first-order chi connectivity index (χ1) is 28.2. The van der Waals surface area contributed by atoms with E-state index in [1.807, 2.05) is 97.9 Å². The Labute approximate surface area is 336 Å². The van der Waals surface area contributed by atoms with Crippen molar-refractivity contribution in [3.8, 4) is 22.6 Å². The zero-order chi connectivity index (χ0) is 39.9. The number of hydrogen-bond donors (Lipinski definition) is 4. The zero-order valence-electron chi connectivity index (χ0n) is 30.7. The second kappa shape index (κ2) is 14.8. The lowest BCUT2D eigenvalue weighted by atomic mass is 10.0. The Bertz CT molecular complexity index is 3070. The molecular weight excluding hydrogens is 748 g/mol. The molecule has 0 radical (unpaired) electrons. The van der Waals surface area contributed by atoms with Crippen LogP contribution in [0.2, 0.25) is 5.02 Å². The number of aryl methyl sites for hydroxylation is 1. The number of halogens is 1. The number of azo groups is 2. The fraction of sp³-hybridized carbons (Fsp3) is 0.0213. The Morgan fingerprint density at radius 1 is 0.569 bits per heavy atom. The highest BCUT2D eigenvalue weighted by Gasteiger charge is 2.28. The van der Waals surface area contributed by atoms with Gasteiger partial charge >= 0.3 is 0 Å². The standard InChI is InChI=1S/C47H31ClN6O4/c1-26-9-8-12-29(21-26)49-47(58)38-22-27-10-2-4-13-32(27)42(45(38)56)53-51-30-17-19-34-35-20-18-31(25-37(35)44(55)36(34)24-30)52-54-43-33-14-5-3-11-28(33)23-41(46(43)57)50-40-16-7-6-15-39(40)48/h2-25,50,56-57H,1H3,(H,49,58). The van der Waals surface area contributed by atoms with Crippen LogP contribution in [0.25, 0.3) is 32.7 Å². The van der Waals surface area contributed by atoms with Gasteiger partial charge in [-0.15, -0.1) is 10.2 Å². The van der Waals surface area contributed by atoms with Gasteiger partial charge in [0.15, 0.2) is 17.3 Å². The van der Waals surface area contributed by atoms with Crippen molar-refractivity contribution >= 4 is 84.6 Å². The number of fused-ring (bicyclic) bond motifs is 5. The molecule has 4 N–H and O–H groups in total. The molecule has 0 spiro atoms. The van der Waals surface area contributed by atoms with Crippen molar-refractivity contribution < 1.29 is 19.8 Å². The number of anilines is 3. The van der Waals surface area contributed by atoms with Crippen molar-refractivity contribution in [2.75, 3.05) is 10.6 Å². The fourth-order valence-corrected chi connectivity index (χ4v) is 7.31. The molecule has 1 amide bonds. The van der Waals surface area contributed by atoms with Gasteiger partial charge in [0.1, 0.15) is 11.4 Å². The highest BCUT2D eigenvalue weighted by Crippen LogP contribution is 2.45. The van der Waals surface area contributed by atoms with Gasteiger partial charge in [-0.25, -0.2) is 0 Å². The molecule has 8 aromatic carbocycles. The number of nitrogens with one attached hydrogen (secondary N) is 2. The van der Waals surface area contributed by atoms with E-state index in [-0.39, 0.29) is 34.2 Å². The topological polar surface area (TPSA) is 148 Å². The van der Waals surface area contributed by atoms with Gasteiger partial charge in [-0.2, -0.15) is 10.2 Å². The molecule has 58 heavy (non-hydrogen) atoms. The third-order valence-electron chi connectivity index (χ3n) is 9.97. The Hall–Kier alpha value is -7.69. The molecule has 0 bridgehead atoms. The van der Waals surface area contributed by atoms with Crippen LogP contribution in [-0.2, 0) is 0 Å². The van der Waals surface area contributed by atoms with Crippen molar-refractivity contribution in [2.45, 2.75) is 6.92 Å². The maximum Gasteiger partial charge on any atom is 0.259 e. The summed E-state index contributed by atoms with van der Waals surface area (Å²) in [6.45, 7) is 1.93. The van der Waals surface area contributed by atoms with Crippen LogP contribution in [0.1, 0.15) is 31.8 Å². The van der Waals surface area contributed by atoms with Crippen LogP contribution < -0.4 is 10.6 Å². The number of phenolic OH excluding ortho intramolecular Hbond substituents is 2. The monoisotopic (exact) mass is 778 g/mol. The van der Waals surface area contributed by atoms with Gasteiger partial charge in [0.25, 0.3) is 5.91 Å². The van der Waals surface area contributed by atoms with Crippen LogP contribution in [0, 0.1) is 6.92 Å². The summed E-state index contributed by atoms with van der Waals surface area (Å²) in [7, 11) is 0. The Morgan fingerprint density at radius 2 is 1.16 bits per heavy atom. The van der Waals surface area contributed by atoms with Crippen LogP contribution in [-0.4, -0.2) is 21.9 Å². The van der Waals surface area contributed by atoms with E-state index in [0.717, 1.165) is 22.1 Å². The smallest absolute Gasteiger partial charge is 0.259 e. The molecule has 11 heteroatoms. The van der Waals surface area contributed by atoms with E-state index in [4.69, 9.17) is 11.6 Å². The Balaban J connectivity index is 1.00. The van der Waals surface area contributed by atoms with Crippen molar-refractivity contribution in [1.29, 1.82) is 0 Å². The molecule has 1 aliphatic rings. The fourth-order valence-electron chi connectivity index (χ4n) is 7.13. The summed E-state index contributed by atoms with van der Waals surface area (Å²) in [5, 5.41) is 49.9. The minimum absolute atomic E-state index is 0.0477. The lowest BCUT2D eigenvalue weighted by Crippen LogP contribution is -2.12. The lowest BCUT2D eigenvalue weighted by molar-refractivity contribution is 0.102. The van der Waals surface area contributed by atoms with Crippen molar-refractivity contribution in [3.63, 3.8) is 0 Å². The Morgan fingerprint density at radius 3 is 1.79 bits per heavy atom. The van der Waals surface area contributed by atoms with E-state index >= 15 is 0 Å². The van der Waals surface area contributed by atoms with E-state index in [1.54, 1.807) is 54.6 Å². The molecule has 9 rings (SSSR count). The highest BCUT2D eigenvalue weighted by molar-refractivity contribution is 6.33. The predicted octanol–water partition coefficient (Wildman–Crippen LogP) is 13.4. The average Bonchev–Trinajstić information content (AvgIpc) is 3.50. The van der Waals surface area contributed by atoms with Gasteiger partial charge in [-0.1, -0.05) is 96.5 Å². The molecule has 0 atom stereocenters. The summed E-state index contributed by atoms with van der Waals surface area (Å²) in [6, 6.07) is 43.3. The number of carbonyl (C=O) groups excluding carboxylic acids is 2. The third kappa shape index (κ3) is 6.67. The number of phenols is 2. The van der Waals surface area contributed by atoms with Gasteiger partial charge in [0.05, 0.1) is 33.3 Å². The van der Waals surface area contributed by atoms with Crippen molar-refractivity contribution in [2.24, 2.45) is 20.5 Å². The number of para-hydroxylation sites is 1. The highest BCUT2D eigenvalue weighted by atomic mass is 35.5. The first-order valence-electron chi connectivity index (χ1n) is 18.3. The number of rotatable bonds is 8. The number of amides is 1. The van der Waals surface area contributed by atoms with E-state index in [1.165, 1.54) is 0 Å². The summed E-state index contributed by atoms with van der Waals surface area (Å²) >= 11 is 6.39. The van der Waals surface area contributed by atoms with E-state index in [2.05, 4.69) is 31.1 Å². The van der Waals surface area contributed by atoms with Crippen LogP contribution in [0.4, 0.5) is 39.8 Å². The maximum atomic E-state index is 13.8. The van der Waals surface area contributed by atoms with E-state index < -0.39 is 5.91 Å². The summed E-state index contributed by atoms with van der Waals surface area (Å²) < 4.78 is 0. The van der Waals surface area contributed by atoms with Crippen LogP contribution >= 0.6 is 11.6 Å². The Kier molecular flexibility index (Phi) is 9.15. The van der Waals surface area contributed by atoms with E-state index in [9.17, 15) is 19.8 Å².